The molecule has 0 saturated carbocycles. The van der Waals surface area contributed by atoms with Crippen LogP contribution in [-0.4, -0.2) is 19.5 Å². The first-order valence-electron chi connectivity index (χ1n) is 18.4. The zero-order valence-corrected chi connectivity index (χ0v) is 30.1. The van der Waals surface area contributed by atoms with Gasteiger partial charge in [-0.05, 0) is 36.4 Å². The number of rotatable bonds is 4. The molecule has 0 N–H and O–H groups in total. The molecule has 4 heterocycles. The smallest absolute Gasteiger partial charge is 0.164 e. The van der Waals surface area contributed by atoms with E-state index in [2.05, 4.69) is 108 Å². The molecule has 0 bridgehead atoms. The van der Waals surface area contributed by atoms with Gasteiger partial charge in [-0.3, -0.25) is 0 Å². The van der Waals surface area contributed by atoms with E-state index in [4.69, 9.17) is 19.4 Å². The van der Waals surface area contributed by atoms with Gasteiger partial charge in [-0.15, -0.1) is 11.3 Å². The van der Waals surface area contributed by atoms with E-state index in [-0.39, 0.29) is 0 Å². The molecule has 12 rings (SSSR count). The van der Waals surface area contributed by atoms with Crippen molar-refractivity contribution in [2.24, 2.45) is 0 Å². The van der Waals surface area contributed by atoms with Crippen LogP contribution in [0.25, 0.3) is 115 Å². The Kier molecular flexibility index (Phi) is 6.44. The van der Waals surface area contributed by atoms with E-state index in [1.54, 1.807) is 0 Å². The number of fused-ring (bicyclic) bond motifs is 12. The minimum atomic E-state index is 0.624. The van der Waals surface area contributed by atoms with Gasteiger partial charge in [0.1, 0.15) is 5.58 Å². The van der Waals surface area contributed by atoms with Crippen LogP contribution in [0.5, 0.6) is 0 Å². The predicted molar refractivity (Wildman–Crippen MR) is 228 cm³/mol. The highest BCUT2D eigenvalue weighted by atomic mass is 32.1. The van der Waals surface area contributed by atoms with E-state index in [0.29, 0.717) is 17.5 Å². The molecule has 0 unspecified atom stereocenters. The molecule has 5 nitrogen and oxygen atoms in total. The number of benzene rings is 8. The van der Waals surface area contributed by atoms with Crippen molar-refractivity contribution in [2.75, 3.05) is 0 Å². The SMILES string of the molecule is c1ccc(-c2nc(-c3ccccc3)nc(-c3ccc4c(c3)c(-n3c5ccccc5c5ccc6c7ccccc7oc6c53)cc3c5ccccc5sc43)n2)cc1. The second-order valence-electron chi connectivity index (χ2n) is 14.0. The zero-order valence-electron chi connectivity index (χ0n) is 29.3. The van der Waals surface area contributed by atoms with Crippen molar-refractivity contribution in [1.82, 2.24) is 19.5 Å². The normalized spacial score (nSPS) is 12.0. The maximum absolute atomic E-state index is 6.77. The van der Waals surface area contributed by atoms with Gasteiger partial charge in [-0.1, -0.05) is 133 Å². The lowest BCUT2D eigenvalue weighted by Gasteiger charge is -2.15. The van der Waals surface area contributed by atoms with Crippen LogP contribution >= 0.6 is 11.3 Å². The van der Waals surface area contributed by atoms with Crippen molar-refractivity contribution >= 4 is 86.0 Å². The van der Waals surface area contributed by atoms with Crippen molar-refractivity contribution in [1.29, 1.82) is 0 Å². The molecule has 8 aromatic carbocycles. The van der Waals surface area contributed by atoms with Crippen LogP contribution in [0.3, 0.4) is 0 Å². The quantitative estimate of drug-likeness (QED) is 0.182. The molecule has 0 aliphatic heterocycles. The summed E-state index contributed by atoms with van der Waals surface area (Å²) in [6, 6.07) is 59.5. The Bertz CT molecular complexity index is 3430. The molecule has 0 aliphatic rings. The summed E-state index contributed by atoms with van der Waals surface area (Å²) >= 11 is 1.84. The fraction of sp³-hybridized carbons (Fsp3) is 0. The van der Waals surface area contributed by atoms with E-state index < -0.39 is 0 Å². The molecule has 4 aromatic heterocycles. The second kappa shape index (κ2) is 11.7. The van der Waals surface area contributed by atoms with E-state index in [0.717, 1.165) is 66.1 Å². The van der Waals surface area contributed by atoms with Gasteiger partial charge in [0.25, 0.3) is 0 Å². The number of aromatic nitrogens is 4. The van der Waals surface area contributed by atoms with Gasteiger partial charge in [0.05, 0.1) is 16.7 Å². The van der Waals surface area contributed by atoms with Crippen molar-refractivity contribution in [3.8, 4) is 39.9 Å². The number of furan rings is 1. The fourth-order valence-electron chi connectivity index (χ4n) is 8.32. The Morgan fingerprint density at radius 2 is 1.02 bits per heavy atom. The second-order valence-corrected chi connectivity index (χ2v) is 15.0. The molecular weight excluding hydrogens is 693 g/mol. The summed E-state index contributed by atoms with van der Waals surface area (Å²) in [6.07, 6.45) is 0. The Hall–Kier alpha value is -7.15. The third-order valence-corrected chi connectivity index (χ3v) is 12.1. The Morgan fingerprint density at radius 3 is 1.78 bits per heavy atom. The lowest BCUT2D eigenvalue weighted by molar-refractivity contribution is 0.671. The van der Waals surface area contributed by atoms with Gasteiger partial charge < -0.3 is 8.98 Å². The first-order valence-corrected chi connectivity index (χ1v) is 19.2. The molecule has 0 radical (unpaired) electrons. The number of hydrogen-bond acceptors (Lipinski definition) is 5. The van der Waals surface area contributed by atoms with Crippen LogP contribution in [0.2, 0.25) is 0 Å². The molecular formula is C49H28N4OS. The predicted octanol–water partition coefficient (Wildman–Crippen LogP) is 13.4. The molecule has 0 amide bonds. The summed E-state index contributed by atoms with van der Waals surface area (Å²) in [5.74, 6) is 1.90. The maximum atomic E-state index is 6.77. The van der Waals surface area contributed by atoms with Crippen LogP contribution in [0.1, 0.15) is 0 Å². The van der Waals surface area contributed by atoms with Crippen molar-refractivity contribution < 1.29 is 4.42 Å². The van der Waals surface area contributed by atoms with Gasteiger partial charge in [0.2, 0.25) is 0 Å². The van der Waals surface area contributed by atoms with Crippen LogP contribution in [0.15, 0.2) is 174 Å². The summed E-state index contributed by atoms with van der Waals surface area (Å²) in [7, 11) is 0. The van der Waals surface area contributed by atoms with Crippen molar-refractivity contribution in [3.63, 3.8) is 0 Å². The van der Waals surface area contributed by atoms with Gasteiger partial charge in [-0.25, -0.2) is 15.0 Å². The highest BCUT2D eigenvalue weighted by Gasteiger charge is 2.23. The van der Waals surface area contributed by atoms with E-state index in [1.165, 1.54) is 30.9 Å². The molecule has 6 heteroatoms. The summed E-state index contributed by atoms with van der Waals surface area (Å²) in [6.45, 7) is 0. The van der Waals surface area contributed by atoms with Gasteiger partial charge in [0, 0.05) is 69.2 Å². The molecule has 0 saturated heterocycles. The third kappa shape index (κ3) is 4.55. The summed E-state index contributed by atoms with van der Waals surface area (Å²) < 4.78 is 11.7. The van der Waals surface area contributed by atoms with Crippen LogP contribution in [0, 0.1) is 0 Å². The average Bonchev–Trinajstić information content (AvgIpc) is 3.93. The minimum Gasteiger partial charge on any atom is -0.454 e. The molecule has 55 heavy (non-hydrogen) atoms. The first kappa shape index (κ1) is 30.3. The molecule has 256 valence electrons. The highest BCUT2D eigenvalue weighted by molar-refractivity contribution is 7.26. The summed E-state index contributed by atoms with van der Waals surface area (Å²) in [5, 5.41) is 9.32. The van der Waals surface area contributed by atoms with E-state index >= 15 is 0 Å². The monoisotopic (exact) mass is 720 g/mol. The first-order chi connectivity index (χ1) is 27.3. The van der Waals surface area contributed by atoms with Crippen LogP contribution < -0.4 is 0 Å². The topological polar surface area (TPSA) is 56.7 Å². The Balaban J connectivity index is 1.21. The van der Waals surface area contributed by atoms with Gasteiger partial charge >= 0.3 is 0 Å². The number of hydrogen-bond donors (Lipinski definition) is 0. The summed E-state index contributed by atoms with van der Waals surface area (Å²) in [5.41, 5.74) is 7.81. The third-order valence-electron chi connectivity index (χ3n) is 10.8. The van der Waals surface area contributed by atoms with Crippen LogP contribution in [-0.2, 0) is 0 Å². The lowest BCUT2D eigenvalue weighted by atomic mass is 10.0. The zero-order chi connectivity index (χ0) is 36.0. The van der Waals surface area contributed by atoms with E-state index in [1.807, 2.05) is 78.1 Å². The molecule has 0 fully saturated rings. The largest absolute Gasteiger partial charge is 0.454 e. The summed E-state index contributed by atoms with van der Waals surface area (Å²) in [4.78, 5) is 15.2. The molecule has 0 aliphatic carbocycles. The maximum Gasteiger partial charge on any atom is 0.164 e. The van der Waals surface area contributed by atoms with Crippen molar-refractivity contribution in [3.05, 3.63) is 170 Å². The Morgan fingerprint density at radius 1 is 0.418 bits per heavy atom. The molecule has 12 aromatic rings. The highest BCUT2D eigenvalue weighted by Crippen LogP contribution is 2.46. The fourth-order valence-corrected chi connectivity index (χ4v) is 9.54. The Labute approximate surface area is 318 Å². The van der Waals surface area contributed by atoms with Crippen molar-refractivity contribution in [2.45, 2.75) is 0 Å². The van der Waals surface area contributed by atoms with Crippen LogP contribution in [0.4, 0.5) is 0 Å². The minimum absolute atomic E-state index is 0.624. The molecule has 0 spiro atoms. The molecule has 0 atom stereocenters. The van der Waals surface area contributed by atoms with E-state index in [9.17, 15) is 0 Å². The standard InChI is InChI=1S/C49H28N4OS/c1-3-13-29(14-4-1)47-50-48(30-15-5-2-6-16-30)52-49(51-47)31-23-24-37-38(27-31)41(28-39-34-19-9-12-22-43(34)55-46(37)39)53-40-20-10-7-17-32(40)35-25-26-36-33-18-8-11-21-42(33)54-45(36)44(35)53/h1-28H. The average molecular weight is 721 g/mol. The van der Waals surface area contributed by atoms with Gasteiger partial charge in [0.15, 0.2) is 23.1 Å². The number of para-hydroxylation sites is 2. The number of nitrogens with zero attached hydrogens (tertiary/aromatic N) is 4. The van der Waals surface area contributed by atoms with Gasteiger partial charge in [-0.2, -0.15) is 0 Å². The number of thiophene rings is 1. The lowest BCUT2D eigenvalue weighted by Crippen LogP contribution is -2.00.